The molecule has 6 heteroatoms. The number of carbonyl (C=O) groups excluding carboxylic acids is 3. The van der Waals surface area contributed by atoms with Gasteiger partial charge in [0.15, 0.2) is 0 Å². The van der Waals surface area contributed by atoms with E-state index in [1.807, 2.05) is 18.2 Å². The fraction of sp³-hybridized carbons (Fsp3) is 0.481. The third-order valence-corrected chi connectivity index (χ3v) is 7.56. The van der Waals surface area contributed by atoms with Gasteiger partial charge in [0.05, 0.1) is 11.7 Å². The van der Waals surface area contributed by atoms with Gasteiger partial charge < -0.3 is 9.47 Å². The van der Waals surface area contributed by atoms with E-state index in [9.17, 15) is 4.79 Å². The van der Waals surface area contributed by atoms with Crippen molar-refractivity contribution in [3.8, 4) is 0 Å². The molecule has 3 rings (SSSR count). The SMILES string of the molecule is Cc1ccc(C(C)(C)C)cc1S[C@@H]1OC(C)[C@@H](C)[C@H](C)C1OC(=O)c1ccccc1.O=C=O. The van der Waals surface area contributed by atoms with Gasteiger partial charge in [0.1, 0.15) is 11.5 Å². The van der Waals surface area contributed by atoms with E-state index < -0.39 is 0 Å². The zero-order chi connectivity index (χ0) is 24.8. The van der Waals surface area contributed by atoms with Gasteiger partial charge in [0.2, 0.25) is 0 Å². The molecule has 0 spiro atoms. The van der Waals surface area contributed by atoms with E-state index >= 15 is 0 Å². The zero-order valence-electron chi connectivity index (χ0n) is 20.5. The number of aryl methyl sites for hydroxylation is 1. The van der Waals surface area contributed by atoms with Gasteiger partial charge in [-0.15, -0.1) is 0 Å². The van der Waals surface area contributed by atoms with Crippen LogP contribution in [0, 0.1) is 18.8 Å². The molecule has 1 saturated heterocycles. The number of rotatable bonds is 4. The first-order valence-electron chi connectivity index (χ1n) is 11.2. The van der Waals surface area contributed by atoms with Crippen molar-refractivity contribution >= 4 is 23.9 Å². The summed E-state index contributed by atoms with van der Waals surface area (Å²) in [6, 6.07) is 15.8. The molecule has 0 aliphatic carbocycles. The Morgan fingerprint density at radius 1 is 1.00 bits per heavy atom. The van der Waals surface area contributed by atoms with Crippen molar-refractivity contribution in [1.29, 1.82) is 0 Å². The molecule has 33 heavy (non-hydrogen) atoms. The second kappa shape index (κ2) is 11.6. The first-order valence-corrected chi connectivity index (χ1v) is 12.1. The summed E-state index contributed by atoms with van der Waals surface area (Å²) in [6.07, 6.45) is 0.0434. The Hall–Kier alpha value is -2.40. The lowest BCUT2D eigenvalue weighted by atomic mass is 9.85. The summed E-state index contributed by atoms with van der Waals surface area (Å²) < 4.78 is 12.4. The minimum Gasteiger partial charge on any atom is -0.455 e. The largest absolute Gasteiger partial charge is 0.455 e. The van der Waals surface area contributed by atoms with Crippen molar-refractivity contribution in [3.63, 3.8) is 0 Å². The maximum Gasteiger partial charge on any atom is 0.373 e. The van der Waals surface area contributed by atoms with E-state index in [2.05, 4.69) is 66.7 Å². The average molecular weight is 471 g/mol. The molecule has 5 nitrogen and oxygen atoms in total. The second-order valence-corrected chi connectivity index (χ2v) is 10.7. The average Bonchev–Trinajstić information content (AvgIpc) is 2.76. The molecular formula is C27H34O5S. The molecule has 0 saturated carbocycles. The number of hydrogen-bond acceptors (Lipinski definition) is 6. The van der Waals surface area contributed by atoms with Gasteiger partial charge in [-0.3, -0.25) is 0 Å². The molecule has 2 aromatic carbocycles. The van der Waals surface area contributed by atoms with Crippen molar-refractivity contribution in [2.45, 2.75) is 76.4 Å². The third-order valence-electron chi connectivity index (χ3n) is 6.25. The minimum atomic E-state index is -0.313. The van der Waals surface area contributed by atoms with Gasteiger partial charge in [0.25, 0.3) is 0 Å². The Morgan fingerprint density at radius 2 is 1.61 bits per heavy atom. The number of benzene rings is 2. The van der Waals surface area contributed by atoms with Gasteiger partial charge in [-0.05, 0) is 54.5 Å². The maximum atomic E-state index is 12.8. The first-order chi connectivity index (χ1) is 15.5. The van der Waals surface area contributed by atoms with Crippen LogP contribution in [0.5, 0.6) is 0 Å². The van der Waals surface area contributed by atoms with Gasteiger partial charge in [0, 0.05) is 10.8 Å². The van der Waals surface area contributed by atoms with E-state index in [1.54, 1.807) is 23.9 Å². The Labute approximate surface area is 201 Å². The quantitative estimate of drug-likeness (QED) is 0.507. The smallest absolute Gasteiger partial charge is 0.373 e. The minimum absolute atomic E-state index is 0.0741. The van der Waals surface area contributed by atoms with Crippen LogP contribution in [0.2, 0.25) is 0 Å². The predicted molar refractivity (Wildman–Crippen MR) is 129 cm³/mol. The highest BCUT2D eigenvalue weighted by Gasteiger charge is 2.43. The molecule has 2 unspecified atom stereocenters. The monoisotopic (exact) mass is 470 g/mol. The Bertz CT molecular complexity index is 960. The number of carbonyl (C=O) groups is 1. The Kier molecular flexibility index (Phi) is 9.47. The van der Waals surface area contributed by atoms with E-state index in [-0.39, 0.29) is 41.1 Å². The van der Waals surface area contributed by atoms with Crippen LogP contribution in [0.25, 0.3) is 0 Å². The normalized spacial score (nSPS) is 24.8. The standard InChI is InChI=1S/C26H34O3S.CO2/c1-16-13-14-21(26(5,6)7)15-22(16)30-25-23(18(3)17(2)19(4)28-25)29-24(27)20-11-9-8-10-12-20;2-1-3/h8-15,17-19,23,25H,1-7H3;/t17-,18-,19?,23?,25-;/m0./s1. The summed E-state index contributed by atoms with van der Waals surface area (Å²) in [5.41, 5.74) is 2.91. The number of ether oxygens (including phenoxy) is 2. The van der Waals surface area contributed by atoms with Crippen molar-refractivity contribution in [2.75, 3.05) is 0 Å². The molecule has 1 heterocycles. The second-order valence-electron chi connectivity index (χ2n) is 9.60. The topological polar surface area (TPSA) is 69.7 Å². The molecule has 0 radical (unpaired) electrons. The van der Waals surface area contributed by atoms with Gasteiger partial charge >= 0.3 is 12.1 Å². The lowest BCUT2D eigenvalue weighted by Gasteiger charge is -2.43. The van der Waals surface area contributed by atoms with Crippen LogP contribution in [-0.4, -0.2) is 29.8 Å². The van der Waals surface area contributed by atoms with Crippen LogP contribution in [0.4, 0.5) is 0 Å². The summed E-state index contributed by atoms with van der Waals surface area (Å²) >= 11 is 1.68. The highest BCUT2D eigenvalue weighted by atomic mass is 32.2. The predicted octanol–water partition coefficient (Wildman–Crippen LogP) is 6.04. The van der Waals surface area contributed by atoms with Gasteiger partial charge in [-0.2, -0.15) is 9.59 Å². The number of hydrogen-bond donors (Lipinski definition) is 0. The third kappa shape index (κ3) is 7.04. The molecule has 0 bridgehead atoms. The van der Waals surface area contributed by atoms with Crippen LogP contribution in [-0.2, 0) is 24.5 Å². The Balaban J connectivity index is 0.00000122. The van der Waals surface area contributed by atoms with Crippen LogP contribution < -0.4 is 0 Å². The van der Waals surface area contributed by atoms with Gasteiger partial charge in [-0.25, -0.2) is 4.79 Å². The fourth-order valence-electron chi connectivity index (χ4n) is 3.73. The van der Waals surface area contributed by atoms with Crippen molar-refractivity contribution in [1.82, 2.24) is 0 Å². The molecule has 0 amide bonds. The molecule has 0 aromatic heterocycles. The van der Waals surface area contributed by atoms with Crippen LogP contribution >= 0.6 is 11.8 Å². The summed E-state index contributed by atoms with van der Waals surface area (Å²) in [5.74, 6) is 0.214. The molecular weight excluding hydrogens is 436 g/mol. The fourth-order valence-corrected chi connectivity index (χ4v) is 5.10. The summed E-state index contributed by atoms with van der Waals surface area (Å²) in [5, 5.41) is 0. The summed E-state index contributed by atoms with van der Waals surface area (Å²) in [4.78, 5) is 30.2. The van der Waals surface area contributed by atoms with E-state index in [0.717, 1.165) is 0 Å². The van der Waals surface area contributed by atoms with E-state index in [1.165, 1.54) is 16.0 Å². The van der Waals surface area contributed by atoms with Crippen molar-refractivity contribution in [3.05, 3.63) is 65.2 Å². The summed E-state index contributed by atoms with van der Waals surface area (Å²) in [7, 11) is 0. The Morgan fingerprint density at radius 3 is 2.18 bits per heavy atom. The lowest BCUT2D eigenvalue weighted by molar-refractivity contribution is -0.191. The number of thioether (sulfide) groups is 1. The molecule has 1 fully saturated rings. The highest BCUT2D eigenvalue weighted by molar-refractivity contribution is 7.99. The first kappa shape index (κ1) is 26.8. The summed E-state index contributed by atoms with van der Waals surface area (Å²) in [6.45, 7) is 15.2. The van der Waals surface area contributed by atoms with Crippen LogP contribution in [0.1, 0.15) is 63.0 Å². The number of esters is 1. The molecule has 2 aromatic rings. The van der Waals surface area contributed by atoms with E-state index in [4.69, 9.17) is 19.1 Å². The maximum absolute atomic E-state index is 12.8. The zero-order valence-corrected chi connectivity index (χ0v) is 21.3. The van der Waals surface area contributed by atoms with Crippen molar-refractivity contribution in [2.24, 2.45) is 11.8 Å². The molecule has 1 aliphatic rings. The van der Waals surface area contributed by atoms with Gasteiger partial charge in [-0.1, -0.05) is 76.7 Å². The van der Waals surface area contributed by atoms with E-state index in [0.29, 0.717) is 11.5 Å². The molecule has 1 aliphatic heterocycles. The highest BCUT2D eigenvalue weighted by Crippen LogP contribution is 2.41. The lowest BCUT2D eigenvalue weighted by Crippen LogP contribution is -2.48. The molecule has 5 atom stereocenters. The van der Waals surface area contributed by atoms with Crippen LogP contribution in [0.3, 0.4) is 0 Å². The molecule has 0 N–H and O–H groups in total. The molecule has 178 valence electrons. The van der Waals surface area contributed by atoms with Crippen molar-refractivity contribution < 1.29 is 23.9 Å². The van der Waals surface area contributed by atoms with Crippen LogP contribution in [0.15, 0.2) is 53.4 Å².